The molecule has 2 rings (SSSR count). The highest BCUT2D eigenvalue weighted by Gasteiger charge is 2.20. The zero-order chi connectivity index (χ0) is 13.8. The predicted molar refractivity (Wildman–Crippen MR) is 73.5 cm³/mol. The Morgan fingerprint density at radius 1 is 1.32 bits per heavy atom. The standard InChI is InChI=1S/C15H22FNO2/c1-10-12(7-11-5-4-6-17-9-11)8-13(16)15(19-3)14(10)18-2/h8,11,17H,4-7,9H2,1-3H3. The molecule has 0 bridgehead atoms. The van der Waals surface area contributed by atoms with Crippen LogP contribution in [-0.4, -0.2) is 27.3 Å². The van der Waals surface area contributed by atoms with E-state index in [-0.39, 0.29) is 11.6 Å². The van der Waals surface area contributed by atoms with Crippen LogP contribution in [0.2, 0.25) is 0 Å². The Morgan fingerprint density at radius 2 is 2.05 bits per heavy atom. The Bertz CT molecular complexity index is 442. The van der Waals surface area contributed by atoms with Crippen molar-refractivity contribution in [2.24, 2.45) is 5.92 Å². The first kappa shape index (κ1) is 14.1. The molecule has 1 aliphatic heterocycles. The average Bonchev–Trinajstić information content (AvgIpc) is 2.43. The van der Waals surface area contributed by atoms with Crippen molar-refractivity contribution in [3.63, 3.8) is 0 Å². The minimum Gasteiger partial charge on any atom is -0.492 e. The first-order chi connectivity index (χ1) is 9.17. The number of halogens is 1. The Balaban J connectivity index is 2.27. The summed E-state index contributed by atoms with van der Waals surface area (Å²) in [7, 11) is 3.02. The van der Waals surface area contributed by atoms with E-state index in [0.717, 1.165) is 30.6 Å². The van der Waals surface area contributed by atoms with Gasteiger partial charge in [-0.1, -0.05) is 0 Å². The maximum absolute atomic E-state index is 14.0. The third kappa shape index (κ3) is 3.00. The molecule has 0 aliphatic carbocycles. The van der Waals surface area contributed by atoms with E-state index in [0.29, 0.717) is 11.7 Å². The molecule has 0 radical (unpaired) electrons. The van der Waals surface area contributed by atoms with Crippen LogP contribution >= 0.6 is 0 Å². The third-order valence-corrected chi connectivity index (χ3v) is 3.86. The van der Waals surface area contributed by atoms with Crippen molar-refractivity contribution in [1.82, 2.24) is 5.32 Å². The van der Waals surface area contributed by atoms with Crippen LogP contribution in [-0.2, 0) is 6.42 Å². The summed E-state index contributed by atoms with van der Waals surface area (Å²) in [5.41, 5.74) is 2.00. The number of hydrogen-bond donors (Lipinski definition) is 1. The van der Waals surface area contributed by atoms with E-state index in [1.54, 1.807) is 13.2 Å². The maximum Gasteiger partial charge on any atom is 0.197 e. The molecule has 1 aliphatic rings. The van der Waals surface area contributed by atoms with E-state index in [4.69, 9.17) is 9.47 Å². The highest BCUT2D eigenvalue weighted by Crippen LogP contribution is 2.36. The van der Waals surface area contributed by atoms with Crippen LogP contribution in [0.4, 0.5) is 4.39 Å². The molecule has 1 heterocycles. The van der Waals surface area contributed by atoms with Gasteiger partial charge in [0.1, 0.15) is 0 Å². The van der Waals surface area contributed by atoms with Crippen LogP contribution in [0.5, 0.6) is 11.5 Å². The van der Waals surface area contributed by atoms with Gasteiger partial charge in [0.05, 0.1) is 14.2 Å². The van der Waals surface area contributed by atoms with E-state index in [1.807, 2.05) is 6.92 Å². The normalized spacial score (nSPS) is 19.3. The van der Waals surface area contributed by atoms with Gasteiger partial charge in [-0.3, -0.25) is 0 Å². The summed E-state index contributed by atoms with van der Waals surface area (Å²) in [5, 5.41) is 3.39. The van der Waals surface area contributed by atoms with E-state index in [2.05, 4.69) is 5.32 Å². The van der Waals surface area contributed by atoms with Crippen molar-refractivity contribution < 1.29 is 13.9 Å². The molecular weight excluding hydrogens is 245 g/mol. The Kier molecular flexibility index (Phi) is 4.64. The predicted octanol–water partition coefficient (Wildman–Crippen LogP) is 2.69. The zero-order valence-electron chi connectivity index (χ0n) is 11.9. The van der Waals surface area contributed by atoms with Crippen molar-refractivity contribution in [3.8, 4) is 11.5 Å². The van der Waals surface area contributed by atoms with Crippen LogP contribution in [0, 0.1) is 18.7 Å². The minimum absolute atomic E-state index is 0.200. The number of methoxy groups -OCH3 is 2. The highest BCUT2D eigenvalue weighted by molar-refractivity contribution is 5.51. The molecule has 1 unspecified atom stereocenters. The quantitative estimate of drug-likeness (QED) is 0.910. The van der Waals surface area contributed by atoms with Crippen LogP contribution < -0.4 is 14.8 Å². The average molecular weight is 267 g/mol. The van der Waals surface area contributed by atoms with Crippen molar-refractivity contribution in [2.75, 3.05) is 27.3 Å². The van der Waals surface area contributed by atoms with Gasteiger partial charge >= 0.3 is 0 Å². The second kappa shape index (κ2) is 6.24. The third-order valence-electron chi connectivity index (χ3n) is 3.86. The molecule has 0 aromatic heterocycles. The number of piperidine rings is 1. The summed E-state index contributed by atoms with van der Waals surface area (Å²) in [6.07, 6.45) is 3.28. The summed E-state index contributed by atoms with van der Waals surface area (Å²) in [4.78, 5) is 0. The second-order valence-electron chi connectivity index (χ2n) is 5.13. The smallest absolute Gasteiger partial charge is 0.197 e. The van der Waals surface area contributed by atoms with E-state index in [1.165, 1.54) is 20.0 Å². The van der Waals surface area contributed by atoms with Crippen LogP contribution in [0.25, 0.3) is 0 Å². The molecule has 3 nitrogen and oxygen atoms in total. The van der Waals surface area contributed by atoms with Crippen molar-refractivity contribution >= 4 is 0 Å². The van der Waals surface area contributed by atoms with Gasteiger partial charge in [-0.25, -0.2) is 4.39 Å². The van der Waals surface area contributed by atoms with Gasteiger partial charge < -0.3 is 14.8 Å². The lowest BCUT2D eigenvalue weighted by molar-refractivity contribution is 0.333. The molecular formula is C15H22FNO2. The van der Waals surface area contributed by atoms with Gasteiger partial charge in [-0.15, -0.1) is 0 Å². The van der Waals surface area contributed by atoms with Gasteiger partial charge in [0.15, 0.2) is 17.3 Å². The molecule has 19 heavy (non-hydrogen) atoms. The highest BCUT2D eigenvalue weighted by atomic mass is 19.1. The minimum atomic E-state index is -0.344. The van der Waals surface area contributed by atoms with Crippen molar-refractivity contribution in [3.05, 3.63) is 23.0 Å². The molecule has 1 aromatic rings. The first-order valence-corrected chi connectivity index (χ1v) is 6.78. The number of rotatable bonds is 4. The van der Waals surface area contributed by atoms with Crippen molar-refractivity contribution in [2.45, 2.75) is 26.2 Å². The maximum atomic E-state index is 14.0. The zero-order valence-corrected chi connectivity index (χ0v) is 11.9. The Hall–Kier alpha value is -1.29. The van der Waals surface area contributed by atoms with Gasteiger partial charge in [-0.05, 0) is 62.4 Å². The lowest BCUT2D eigenvalue weighted by Gasteiger charge is -2.24. The molecule has 0 amide bonds. The monoisotopic (exact) mass is 267 g/mol. The Morgan fingerprint density at radius 3 is 2.63 bits per heavy atom. The van der Waals surface area contributed by atoms with Gasteiger partial charge in [0.25, 0.3) is 0 Å². The molecule has 106 valence electrons. The number of ether oxygens (including phenoxy) is 2. The summed E-state index contributed by atoms with van der Waals surface area (Å²) in [6, 6.07) is 1.59. The van der Waals surface area contributed by atoms with Gasteiger partial charge in [-0.2, -0.15) is 0 Å². The van der Waals surface area contributed by atoms with E-state index in [9.17, 15) is 4.39 Å². The second-order valence-corrected chi connectivity index (χ2v) is 5.13. The van der Waals surface area contributed by atoms with Gasteiger partial charge in [0.2, 0.25) is 0 Å². The van der Waals surface area contributed by atoms with E-state index < -0.39 is 0 Å². The number of benzene rings is 1. The molecule has 0 spiro atoms. The van der Waals surface area contributed by atoms with Crippen LogP contribution in [0.3, 0.4) is 0 Å². The lowest BCUT2D eigenvalue weighted by atomic mass is 9.90. The topological polar surface area (TPSA) is 30.5 Å². The molecule has 1 N–H and O–H groups in total. The summed E-state index contributed by atoms with van der Waals surface area (Å²) in [6.45, 7) is 4.07. The first-order valence-electron chi connectivity index (χ1n) is 6.78. The Labute approximate surface area is 114 Å². The summed E-state index contributed by atoms with van der Waals surface area (Å²) >= 11 is 0. The molecule has 0 saturated carbocycles. The molecule has 1 atom stereocenters. The SMILES string of the molecule is COc1c(F)cc(CC2CCCNC2)c(C)c1OC. The number of nitrogens with one attached hydrogen (secondary N) is 1. The summed E-state index contributed by atoms with van der Waals surface area (Å²) < 4.78 is 24.4. The van der Waals surface area contributed by atoms with Crippen molar-refractivity contribution in [1.29, 1.82) is 0 Å². The molecule has 1 aromatic carbocycles. The fourth-order valence-electron chi connectivity index (χ4n) is 2.81. The van der Waals surface area contributed by atoms with Crippen LogP contribution in [0.15, 0.2) is 6.07 Å². The molecule has 1 saturated heterocycles. The van der Waals surface area contributed by atoms with Crippen LogP contribution in [0.1, 0.15) is 24.0 Å². The molecule has 4 heteroatoms. The fraction of sp³-hybridized carbons (Fsp3) is 0.600. The van der Waals surface area contributed by atoms with E-state index >= 15 is 0 Å². The molecule has 1 fully saturated rings. The summed E-state index contributed by atoms with van der Waals surface area (Å²) in [5.74, 6) is 0.945. The van der Waals surface area contributed by atoms with Gasteiger partial charge in [0, 0.05) is 0 Å². The number of hydrogen-bond acceptors (Lipinski definition) is 3. The largest absolute Gasteiger partial charge is 0.492 e. The fourth-order valence-corrected chi connectivity index (χ4v) is 2.81. The lowest BCUT2D eigenvalue weighted by Crippen LogP contribution is -2.31.